The van der Waals surface area contributed by atoms with Crippen molar-refractivity contribution in [2.45, 2.75) is 13.5 Å². The first kappa shape index (κ1) is 10.7. The number of ether oxygens (including phenoxy) is 1. The van der Waals surface area contributed by atoms with Crippen LogP contribution in [-0.4, -0.2) is 12.3 Å². The van der Waals surface area contributed by atoms with E-state index in [-0.39, 0.29) is 0 Å². The summed E-state index contributed by atoms with van der Waals surface area (Å²) in [6.45, 7) is 2.26. The van der Waals surface area contributed by atoms with Crippen LogP contribution in [0.2, 0.25) is 0 Å². The zero-order chi connectivity index (χ0) is 11.5. The molecular formula is C12H14N2O2. The van der Waals surface area contributed by atoms with Gasteiger partial charge in [0.1, 0.15) is 17.2 Å². The molecule has 2 aromatic rings. The summed E-state index contributed by atoms with van der Waals surface area (Å²) in [6, 6.07) is 7.68. The van der Waals surface area contributed by atoms with Crippen LogP contribution in [0.25, 0.3) is 11.3 Å². The van der Waals surface area contributed by atoms with Crippen molar-refractivity contribution in [3.63, 3.8) is 0 Å². The van der Waals surface area contributed by atoms with Crippen molar-refractivity contribution in [1.82, 2.24) is 5.16 Å². The summed E-state index contributed by atoms with van der Waals surface area (Å²) in [4.78, 5) is 0. The minimum Gasteiger partial charge on any atom is -0.496 e. The number of methoxy groups -OCH3 is 1. The average molecular weight is 218 g/mol. The van der Waals surface area contributed by atoms with E-state index < -0.39 is 0 Å². The third-order valence-corrected chi connectivity index (χ3v) is 2.55. The Kier molecular flexibility index (Phi) is 2.92. The zero-order valence-corrected chi connectivity index (χ0v) is 9.36. The quantitative estimate of drug-likeness (QED) is 0.857. The highest BCUT2D eigenvalue weighted by molar-refractivity contribution is 5.70. The minimum atomic E-state index is 0.405. The van der Waals surface area contributed by atoms with Gasteiger partial charge >= 0.3 is 0 Å². The third-order valence-electron chi connectivity index (χ3n) is 2.55. The van der Waals surface area contributed by atoms with Crippen LogP contribution in [-0.2, 0) is 6.54 Å². The van der Waals surface area contributed by atoms with Gasteiger partial charge in [-0.25, -0.2) is 0 Å². The van der Waals surface area contributed by atoms with Gasteiger partial charge in [0.2, 0.25) is 0 Å². The maximum atomic E-state index is 5.68. The van der Waals surface area contributed by atoms with Crippen molar-refractivity contribution in [2.75, 3.05) is 7.11 Å². The minimum absolute atomic E-state index is 0.405. The summed E-state index contributed by atoms with van der Waals surface area (Å²) in [6.07, 6.45) is 0. The zero-order valence-electron chi connectivity index (χ0n) is 9.36. The van der Waals surface area contributed by atoms with Gasteiger partial charge in [-0.3, -0.25) is 0 Å². The molecule has 0 saturated heterocycles. The van der Waals surface area contributed by atoms with Crippen LogP contribution in [0.3, 0.4) is 0 Å². The lowest BCUT2D eigenvalue weighted by Crippen LogP contribution is -1.99. The Hall–Kier alpha value is -1.81. The van der Waals surface area contributed by atoms with Gasteiger partial charge in [0.15, 0.2) is 0 Å². The molecule has 0 aliphatic rings. The topological polar surface area (TPSA) is 61.3 Å². The number of para-hydroxylation sites is 1. The van der Waals surface area contributed by atoms with Gasteiger partial charge in [-0.2, -0.15) is 0 Å². The molecule has 4 nitrogen and oxygen atoms in total. The molecule has 0 aliphatic carbocycles. The van der Waals surface area contributed by atoms with E-state index >= 15 is 0 Å². The summed E-state index contributed by atoms with van der Waals surface area (Å²) < 4.78 is 10.4. The first-order chi connectivity index (χ1) is 7.77. The molecule has 2 rings (SSSR count). The van der Waals surface area contributed by atoms with E-state index in [1.54, 1.807) is 7.11 Å². The number of rotatable bonds is 3. The second-order valence-corrected chi connectivity index (χ2v) is 3.47. The smallest absolute Gasteiger partial charge is 0.138 e. The van der Waals surface area contributed by atoms with Crippen LogP contribution in [0, 0.1) is 6.92 Å². The molecular weight excluding hydrogens is 204 g/mol. The lowest BCUT2D eigenvalue weighted by molar-refractivity contribution is 0.396. The lowest BCUT2D eigenvalue weighted by atomic mass is 10.1. The first-order valence-electron chi connectivity index (χ1n) is 5.06. The number of hydrogen-bond donors (Lipinski definition) is 1. The molecule has 4 heteroatoms. The molecule has 16 heavy (non-hydrogen) atoms. The first-order valence-corrected chi connectivity index (χ1v) is 5.06. The molecule has 1 aromatic carbocycles. The van der Waals surface area contributed by atoms with Crippen molar-refractivity contribution in [1.29, 1.82) is 0 Å². The molecule has 1 heterocycles. The summed E-state index contributed by atoms with van der Waals surface area (Å²) in [5.74, 6) is 1.52. The van der Waals surface area contributed by atoms with E-state index in [2.05, 4.69) is 5.16 Å². The fourth-order valence-electron chi connectivity index (χ4n) is 1.68. The second kappa shape index (κ2) is 4.37. The maximum Gasteiger partial charge on any atom is 0.138 e. The molecule has 2 N–H and O–H groups in total. The highest BCUT2D eigenvalue weighted by atomic mass is 16.5. The molecule has 84 valence electrons. The average Bonchev–Trinajstić information content (AvgIpc) is 2.70. The molecule has 0 fully saturated rings. The Morgan fingerprint density at radius 3 is 2.81 bits per heavy atom. The summed E-state index contributed by atoms with van der Waals surface area (Å²) in [5.41, 5.74) is 8.27. The summed E-state index contributed by atoms with van der Waals surface area (Å²) in [7, 11) is 1.63. The fourth-order valence-corrected chi connectivity index (χ4v) is 1.68. The molecule has 0 radical (unpaired) electrons. The highest BCUT2D eigenvalue weighted by Crippen LogP contribution is 2.32. The number of hydrogen-bond acceptors (Lipinski definition) is 4. The number of benzene rings is 1. The SMILES string of the molecule is COc1ccccc1-c1noc(C)c1CN. The molecule has 0 aliphatic heterocycles. The molecule has 0 atom stereocenters. The van der Waals surface area contributed by atoms with Gasteiger partial charge in [0.25, 0.3) is 0 Å². The normalized spacial score (nSPS) is 10.4. The van der Waals surface area contributed by atoms with Crippen LogP contribution >= 0.6 is 0 Å². The molecule has 0 bridgehead atoms. The second-order valence-electron chi connectivity index (χ2n) is 3.47. The van der Waals surface area contributed by atoms with Crippen LogP contribution in [0.1, 0.15) is 11.3 Å². The van der Waals surface area contributed by atoms with Gasteiger partial charge in [0, 0.05) is 17.7 Å². The van der Waals surface area contributed by atoms with Gasteiger partial charge in [-0.05, 0) is 19.1 Å². The van der Waals surface area contributed by atoms with E-state index in [0.29, 0.717) is 6.54 Å². The third kappa shape index (κ3) is 1.67. The van der Waals surface area contributed by atoms with E-state index in [4.69, 9.17) is 15.0 Å². The Labute approximate surface area is 94.0 Å². The standard InChI is InChI=1S/C12H14N2O2/c1-8-10(7-13)12(14-16-8)9-5-3-4-6-11(9)15-2/h3-6H,7,13H2,1-2H3. The van der Waals surface area contributed by atoms with Crippen molar-refractivity contribution < 1.29 is 9.26 Å². The number of aryl methyl sites for hydroxylation is 1. The van der Waals surface area contributed by atoms with Gasteiger partial charge in [0.05, 0.1) is 7.11 Å². The van der Waals surface area contributed by atoms with Gasteiger partial charge < -0.3 is 15.0 Å². The van der Waals surface area contributed by atoms with Gasteiger partial charge in [-0.1, -0.05) is 17.3 Å². The number of nitrogens with zero attached hydrogens (tertiary/aromatic N) is 1. The van der Waals surface area contributed by atoms with E-state index in [0.717, 1.165) is 28.3 Å². The van der Waals surface area contributed by atoms with Crippen LogP contribution in [0.4, 0.5) is 0 Å². The van der Waals surface area contributed by atoms with Crippen LogP contribution < -0.4 is 10.5 Å². The molecule has 0 saturated carbocycles. The molecule has 0 amide bonds. The summed E-state index contributed by atoms with van der Waals surface area (Å²) >= 11 is 0. The van der Waals surface area contributed by atoms with Gasteiger partial charge in [-0.15, -0.1) is 0 Å². The van der Waals surface area contributed by atoms with Crippen LogP contribution in [0.5, 0.6) is 5.75 Å². The molecule has 0 unspecified atom stereocenters. The van der Waals surface area contributed by atoms with Crippen molar-refractivity contribution in [2.24, 2.45) is 5.73 Å². The monoisotopic (exact) mass is 218 g/mol. The van der Waals surface area contributed by atoms with Crippen LogP contribution in [0.15, 0.2) is 28.8 Å². The molecule has 0 spiro atoms. The lowest BCUT2D eigenvalue weighted by Gasteiger charge is -2.06. The van der Waals surface area contributed by atoms with E-state index in [9.17, 15) is 0 Å². The predicted octanol–water partition coefficient (Wildman–Crippen LogP) is 2.12. The highest BCUT2D eigenvalue weighted by Gasteiger charge is 2.16. The van der Waals surface area contributed by atoms with Crippen molar-refractivity contribution in [3.05, 3.63) is 35.6 Å². The van der Waals surface area contributed by atoms with Crippen molar-refractivity contribution in [3.8, 4) is 17.0 Å². The number of nitrogens with two attached hydrogens (primary N) is 1. The van der Waals surface area contributed by atoms with E-state index in [1.807, 2.05) is 31.2 Å². The Morgan fingerprint density at radius 2 is 2.12 bits per heavy atom. The van der Waals surface area contributed by atoms with E-state index in [1.165, 1.54) is 0 Å². The molecule has 1 aromatic heterocycles. The Morgan fingerprint density at radius 1 is 1.38 bits per heavy atom. The summed E-state index contributed by atoms with van der Waals surface area (Å²) in [5, 5.41) is 4.03. The predicted molar refractivity (Wildman–Crippen MR) is 61.1 cm³/mol. The number of aromatic nitrogens is 1. The Bertz CT molecular complexity index is 492. The van der Waals surface area contributed by atoms with Crippen molar-refractivity contribution >= 4 is 0 Å². The fraction of sp³-hybridized carbons (Fsp3) is 0.250. The largest absolute Gasteiger partial charge is 0.496 e. The Balaban J connectivity index is 2.58. The maximum absolute atomic E-state index is 5.68.